The average molecular weight is 458 g/mol. The van der Waals surface area contributed by atoms with E-state index < -0.39 is 23.4 Å². The van der Waals surface area contributed by atoms with Crippen LogP contribution in [0, 0.1) is 17.0 Å². The van der Waals surface area contributed by atoms with Crippen LogP contribution < -0.4 is 5.32 Å². The predicted octanol–water partition coefficient (Wildman–Crippen LogP) is 4.03. The fourth-order valence-electron chi connectivity index (χ4n) is 2.60. The maximum Gasteiger partial charge on any atom is 0.338 e. The predicted molar refractivity (Wildman–Crippen MR) is 118 cm³/mol. The topological polar surface area (TPSA) is 111 Å². The van der Waals surface area contributed by atoms with Crippen LogP contribution in [-0.2, 0) is 16.0 Å². The van der Waals surface area contributed by atoms with Crippen molar-refractivity contribution in [2.75, 3.05) is 13.2 Å². The zero-order valence-corrected chi connectivity index (χ0v) is 18.2. The van der Waals surface area contributed by atoms with Gasteiger partial charge in [0.25, 0.3) is 11.6 Å². The van der Waals surface area contributed by atoms with Crippen molar-refractivity contribution in [3.05, 3.63) is 80.8 Å². The third-order valence-corrected chi connectivity index (χ3v) is 6.22. The number of benzene rings is 2. The smallest absolute Gasteiger partial charge is 0.338 e. The molecule has 1 heterocycles. The number of rotatable bonds is 9. The molecule has 0 fully saturated rings. The number of nitro benzene ring substituents is 1. The SMILES string of the molecule is Cc1csc(Sc2ccc(C(=O)OCC(=O)NCCc3ccccc3)cc2[N+](=O)[O-])n1. The van der Waals surface area contributed by atoms with Gasteiger partial charge in [0.2, 0.25) is 0 Å². The van der Waals surface area contributed by atoms with E-state index in [1.165, 1.54) is 23.5 Å². The molecule has 3 aromatic rings. The molecule has 0 saturated heterocycles. The van der Waals surface area contributed by atoms with Gasteiger partial charge in [-0.3, -0.25) is 14.9 Å². The molecule has 3 rings (SSSR count). The number of esters is 1. The van der Waals surface area contributed by atoms with Crippen LogP contribution in [0.15, 0.2) is 63.1 Å². The zero-order valence-electron chi connectivity index (χ0n) is 16.6. The monoisotopic (exact) mass is 457 g/mol. The Morgan fingerprint density at radius 3 is 2.68 bits per heavy atom. The molecule has 0 unspecified atom stereocenters. The van der Waals surface area contributed by atoms with Crippen molar-refractivity contribution < 1.29 is 19.2 Å². The molecule has 0 spiro atoms. The van der Waals surface area contributed by atoms with Crippen molar-refractivity contribution in [3.8, 4) is 0 Å². The molecule has 2 aromatic carbocycles. The second-order valence-corrected chi connectivity index (χ2v) is 8.61. The molecule has 0 aliphatic rings. The zero-order chi connectivity index (χ0) is 22.2. The average Bonchev–Trinajstić information content (AvgIpc) is 3.17. The summed E-state index contributed by atoms with van der Waals surface area (Å²) >= 11 is 2.54. The first kappa shape index (κ1) is 22.4. The van der Waals surface area contributed by atoms with Crippen LogP contribution in [0.1, 0.15) is 21.6 Å². The number of nitro groups is 1. The molecule has 0 saturated carbocycles. The minimum Gasteiger partial charge on any atom is -0.452 e. The van der Waals surface area contributed by atoms with Gasteiger partial charge >= 0.3 is 5.97 Å². The number of nitrogens with one attached hydrogen (secondary N) is 1. The van der Waals surface area contributed by atoms with E-state index in [2.05, 4.69) is 10.3 Å². The van der Waals surface area contributed by atoms with Crippen molar-refractivity contribution in [2.45, 2.75) is 22.6 Å². The molecule has 0 radical (unpaired) electrons. The number of aryl methyl sites for hydroxylation is 1. The molecule has 0 bridgehead atoms. The Balaban J connectivity index is 1.55. The first-order valence-electron chi connectivity index (χ1n) is 9.28. The van der Waals surface area contributed by atoms with E-state index in [0.717, 1.165) is 29.1 Å². The van der Waals surface area contributed by atoms with E-state index in [1.54, 1.807) is 0 Å². The third kappa shape index (κ3) is 6.63. The lowest BCUT2D eigenvalue weighted by Gasteiger charge is -2.08. The van der Waals surface area contributed by atoms with Crippen molar-refractivity contribution in [1.29, 1.82) is 0 Å². The molecule has 31 heavy (non-hydrogen) atoms. The van der Waals surface area contributed by atoms with Crippen LogP contribution >= 0.6 is 23.1 Å². The third-order valence-electron chi connectivity index (χ3n) is 4.10. The highest BCUT2D eigenvalue weighted by atomic mass is 32.2. The van der Waals surface area contributed by atoms with E-state index in [1.807, 2.05) is 42.6 Å². The molecular weight excluding hydrogens is 438 g/mol. The van der Waals surface area contributed by atoms with Gasteiger partial charge in [0, 0.05) is 23.7 Å². The van der Waals surface area contributed by atoms with E-state index in [-0.39, 0.29) is 11.3 Å². The Bertz CT molecular complexity index is 1090. The van der Waals surface area contributed by atoms with Gasteiger partial charge in [-0.15, -0.1) is 11.3 Å². The minimum absolute atomic E-state index is 0.00320. The van der Waals surface area contributed by atoms with Gasteiger partial charge in [0.05, 0.1) is 15.4 Å². The first-order chi connectivity index (χ1) is 14.9. The number of nitrogens with zero attached hydrogens (tertiary/aromatic N) is 2. The lowest BCUT2D eigenvalue weighted by Crippen LogP contribution is -2.30. The molecule has 8 nitrogen and oxygen atoms in total. The van der Waals surface area contributed by atoms with E-state index >= 15 is 0 Å². The minimum atomic E-state index is -0.803. The van der Waals surface area contributed by atoms with Crippen molar-refractivity contribution in [2.24, 2.45) is 0 Å². The van der Waals surface area contributed by atoms with Gasteiger partial charge in [-0.25, -0.2) is 9.78 Å². The van der Waals surface area contributed by atoms with E-state index in [4.69, 9.17) is 4.74 Å². The van der Waals surface area contributed by atoms with Crippen LogP contribution in [0.2, 0.25) is 0 Å². The Hall–Kier alpha value is -3.24. The Kier molecular flexibility index (Phi) is 7.74. The molecule has 0 atom stereocenters. The van der Waals surface area contributed by atoms with Crippen LogP contribution in [-0.4, -0.2) is 34.9 Å². The summed E-state index contributed by atoms with van der Waals surface area (Å²) < 4.78 is 5.67. The van der Waals surface area contributed by atoms with Gasteiger partial charge < -0.3 is 10.1 Å². The fourth-order valence-corrected chi connectivity index (χ4v) is 4.48. The van der Waals surface area contributed by atoms with Gasteiger partial charge in [-0.2, -0.15) is 0 Å². The van der Waals surface area contributed by atoms with E-state index in [9.17, 15) is 19.7 Å². The highest BCUT2D eigenvalue weighted by Gasteiger charge is 2.20. The van der Waals surface area contributed by atoms with Crippen LogP contribution in [0.5, 0.6) is 0 Å². The molecule has 10 heteroatoms. The number of hydrogen-bond acceptors (Lipinski definition) is 8. The lowest BCUT2D eigenvalue weighted by atomic mass is 10.1. The number of carbonyl (C=O) groups is 2. The number of hydrogen-bond donors (Lipinski definition) is 1. The number of amides is 1. The second kappa shape index (κ2) is 10.7. The summed E-state index contributed by atoms with van der Waals surface area (Å²) in [5, 5.41) is 16.0. The Morgan fingerprint density at radius 2 is 2.00 bits per heavy atom. The van der Waals surface area contributed by atoms with Gasteiger partial charge in [0.15, 0.2) is 10.9 Å². The van der Waals surface area contributed by atoms with Gasteiger partial charge in [-0.05, 0) is 31.0 Å². The molecule has 1 aromatic heterocycles. The summed E-state index contributed by atoms with van der Waals surface area (Å²) in [6.07, 6.45) is 0.657. The lowest BCUT2D eigenvalue weighted by molar-refractivity contribution is -0.387. The highest BCUT2D eigenvalue weighted by molar-refractivity contribution is 8.01. The fraction of sp³-hybridized carbons (Fsp3) is 0.190. The Morgan fingerprint density at radius 1 is 1.23 bits per heavy atom. The van der Waals surface area contributed by atoms with Crippen molar-refractivity contribution in [1.82, 2.24) is 10.3 Å². The molecule has 160 valence electrons. The molecule has 1 amide bonds. The quantitative estimate of drug-likeness (QED) is 0.293. The number of ether oxygens (including phenoxy) is 1. The van der Waals surface area contributed by atoms with Crippen LogP contribution in [0.25, 0.3) is 0 Å². The summed E-state index contributed by atoms with van der Waals surface area (Å²) in [5.74, 6) is -1.24. The first-order valence-corrected chi connectivity index (χ1v) is 11.0. The van der Waals surface area contributed by atoms with Gasteiger partial charge in [0.1, 0.15) is 0 Å². The summed E-state index contributed by atoms with van der Waals surface area (Å²) in [6, 6.07) is 13.7. The van der Waals surface area contributed by atoms with Gasteiger partial charge in [-0.1, -0.05) is 42.1 Å². The number of carbonyl (C=O) groups excluding carboxylic acids is 2. The molecule has 0 aliphatic heterocycles. The van der Waals surface area contributed by atoms with Crippen molar-refractivity contribution >= 4 is 40.7 Å². The van der Waals surface area contributed by atoms with Crippen LogP contribution in [0.3, 0.4) is 0 Å². The van der Waals surface area contributed by atoms with Crippen LogP contribution in [0.4, 0.5) is 5.69 Å². The maximum atomic E-state index is 12.3. The second-order valence-electron chi connectivity index (χ2n) is 6.46. The normalized spacial score (nSPS) is 10.5. The summed E-state index contributed by atoms with van der Waals surface area (Å²) in [7, 11) is 0. The Labute approximate surface area is 186 Å². The summed E-state index contributed by atoms with van der Waals surface area (Å²) in [6.45, 7) is 1.79. The number of thiazole rings is 1. The molecular formula is C21H19N3O5S2. The summed E-state index contributed by atoms with van der Waals surface area (Å²) in [4.78, 5) is 39.7. The standard InChI is InChI=1S/C21H19N3O5S2/c1-14-13-30-21(23-14)31-18-8-7-16(11-17(18)24(27)28)20(26)29-12-19(25)22-10-9-15-5-3-2-4-6-15/h2-8,11,13H,9-10,12H2,1H3,(H,22,25). The highest BCUT2D eigenvalue weighted by Crippen LogP contribution is 2.36. The maximum absolute atomic E-state index is 12.3. The largest absolute Gasteiger partial charge is 0.452 e. The summed E-state index contributed by atoms with van der Waals surface area (Å²) in [5.41, 5.74) is 1.69. The molecule has 0 aliphatic carbocycles. The number of aromatic nitrogens is 1. The molecule has 1 N–H and O–H groups in total. The van der Waals surface area contributed by atoms with E-state index in [0.29, 0.717) is 22.2 Å². The van der Waals surface area contributed by atoms with Crippen molar-refractivity contribution in [3.63, 3.8) is 0 Å².